The first-order chi connectivity index (χ1) is 15.7. The molecule has 7 aromatic rings. The van der Waals surface area contributed by atoms with Crippen LogP contribution in [-0.4, -0.2) is 9.38 Å². The molecular formula is C28H19IN2S. The summed E-state index contributed by atoms with van der Waals surface area (Å²) in [6, 6.07) is 24.7. The summed E-state index contributed by atoms with van der Waals surface area (Å²) in [5.41, 5.74) is 6.38. The van der Waals surface area contributed by atoms with Gasteiger partial charge in [-0.25, -0.2) is 0 Å². The summed E-state index contributed by atoms with van der Waals surface area (Å²) in [4.78, 5) is 6.23. The number of hydrogen-bond acceptors (Lipinski definition) is 2. The van der Waals surface area contributed by atoms with Crippen molar-refractivity contribution < 1.29 is 0 Å². The second kappa shape index (κ2) is 6.72. The highest BCUT2D eigenvalue weighted by Crippen LogP contribution is 2.45. The zero-order chi connectivity index (χ0) is 21.6. The van der Waals surface area contributed by atoms with Crippen molar-refractivity contribution in [3.05, 3.63) is 78.5 Å². The number of nitrogens with zero attached hydrogens (tertiary/aromatic N) is 2. The van der Waals surface area contributed by atoms with Crippen molar-refractivity contribution in [1.29, 1.82) is 0 Å². The van der Waals surface area contributed by atoms with Gasteiger partial charge in [-0.1, -0.05) is 65.2 Å². The Labute approximate surface area is 201 Å². The summed E-state index contributed by atoms with van der Waals surface area (Å²) in [6.07, 6.45) is 1.96. The molecule has 0 aliphatic heterocycles. The number of halogens is 1. The predicted molar refractivity (Wildman–Crippen MR) is 148 cm³/mol. The highest BCUT2D eigenvalue weighted by molar-refractivity contribution is 14.2. The van der Waals surface area contributed by atoms with Crippen molar-refractivity contribution >= 4 is 89.9 Å². The average molecular weight is 542 g/mol. The maximum atomic E-state index is 4.95. The molecule has 0 N–H and O–H groups in total. The monoisotopic (exact) mass is 542 g/mol. The molecule has 0 unspecified atom stereocenters. The molecule has 3 heterocycles. The van der Waals surface area contributed by atoms with Crippen LogP contribution in [0.25, 0.3) is 59.8 Å². The van der Waals surface area contributed by atoms with Crippen LogP contribution in [-0.2, 0) is 0 Å². The first-order valence-electron chi connectivity index (χ1n) is 10.9. The highest BCUT2D eigenvalue weighted by atomic mass is 127. The van der Waals surface area contributed by atoms with E-state index in [9.17, 15) is 0 Å². The number of pyridine rings is 2. The molecule has 154 valence electrons. The van der Waals surface area contributed by atoms with Gasteiger partial charge in [-0.15, -0.1) is 0 Å². The van der Waals surface area contributed by atoms with Crippen LogP contribution in [0.3, 0.4) is 0 Å². The SMILES string of the molecule is CC(C)c1c2ccccc2cc2c3nccc4ccc5c6ccc(SI)cc6n(c12)c5c43. The van der Waals surface area contributed by atoms with Gasteiger partial charge in [0.1, 0.15) is 0 Å². The van der Waals surface area contributed by atoms with Gasteiger partial charge in [-0.3, -0.25) is 4.98 Å². The molecule has 3 aromatic heterocycles. The first-order valence-corrected chi connectivity index (χ1v) is 14.2. The van der Waals surface area contributed by atoms with Gasteiger partial charge in [0.15, 0.2) is 0 Å². The minimum absolute atomic E-state index is 0.383. The highest BCUT2D eigenvalue weighted by Gasteiger charge is 2.22. The third-order valence-corrected chi connectivity index (χ3v) is 8.79. The Hall–Kier alpha value is -2.57. The number of benzene rings is 4. The molecule has 2 nitrogen and oxygen atoms in total. The lowest BCUT2D eigenvalue weighted by Crippen LogP contribution is -2.00. The van der Waals surface area contributed by atoms with Crippen molar-refractivity contribution in [3.63, 3.8) is 0 Å². The second-order valence-corrected chi connectivity index (χ2v) is 10.8. The molecule has 0 aliphatic carbocycles. The maximum absolute atomic E-state index is 4.95. The van der Waals surface area contributed by atoms with Gasteiger partial charge in [0.2, 0.25) is 0 Å². The average Bonchev–Trinajstić information content (AvgIpc) is 3.16. The standard InChI is InChI=1S/C28H19IN2S/c1-15(2)24-19-6-4-3-5-17(19)13-22-26-25-16(11-12-30-26)7-9-21-20-10-8-18(32-29)14-23(20)31(27(21)25)28(22)24/h3-15H,1-2H3. The van der Waals surface area contributed by atoms with Crippen molar-refractivity contribution in [2.75, 3.05) is 0 Å². The van der Waals surface area contributed by atoms with Crippen molar-refractivity contribution in [2.45, 2.75) is 24.7 Å². The zero-order valence-electron chi connectivity index (χ0n) is 17.7. The van der Waals surface area contributed by atoms with Crippen LogP contribution in [0.15, 0.2) is 77.8 Å². The Morgan fingerprint density at radius 3 is 2.50 bits per heavy atom. The van der Waals surface area contributed by atoms with Crippen molar-refractivity contribution in [3.8, 4) is 0 Å². The van der Waals surface area contributed by atoms with E-state index < -0.39 is 0 Å². The van der Waals surface area contributed by atoms with Crippen LogP contribution in [0.4, 0.5) is 0 Å². The molecule has 0 saturated carbocycles. The third kappa shape index (κ3) is 2.34. The van der Waals surface area contributed by atoms with E-state index >= 15 is 0 Å². The minimum Gasteiger partial charge on any atom is -0.307 e. The van der Waals surface area contributed by atoms with Crippen LogP contribution in [0, 0.1) is 0 Å². The first kappa shape index (κ1) is 18.9. The number of hydrogen-bond donors (Lipinski definition) is 0. The van der Waals surface area contributed by atoms with E-state index in [0.717, 1.165) is 5.52 Å². The molecule has 0 atom stereocenters. The van der Waals surface area contributed by atoms with Crippen LogP contribution in [0.5, 0.6) is 0 Å². The lowest BCUT2D eigenvalue weighted by atomic mass is 9.91. The van der Waals surface area contributed by atoms with Gasteiger partial charge in [-0.2, -0.15) is 0 Å². The van der Waals surface area contributed by atoms with E-state index in [-0.39, 0.29) is 0 Å². The van der Waals surface area contributed by atoms with Gasteiger partial charge < -0.3 is 4.40 Å². The van der Waals surface area contributed by atoms with Gasteiger partial charge in [0.05, 0.1) is 22.1 Å². The molecule has 7 rings (SSSR count). The van der Waals surface area contributed by atoms with E-state index in [1.54, 1.807) is 8.93 Å². The van der Waals surface area contributed by atoms with Gasteiger partial charge in [0.25, 0.3) is 0 Å². The Morgan fingerprint density at radius 1 is 0.812 bits per heavy atom. The van der Waals surface area contributed by atoms with E-state index in [0.29, 0.717) is 5.92 Å². The third-order valence-electron chi connectivity index (χ3n) is 6.83. The van der Waals surface area contributed by atoms with E-state index in [2.05, 4.69) is 106 Å². The molecule has 4 aromatic carbocycles. The fourth-order valence-electron chi connectivity index (χ4n) is 5.60. The van der Waals surface area contributed by atoms with Crippen LogP contribution in [0.2, 0.25) is 0 Å². The van der Waals surface area contributed by atoms with E-state index in [1.165, 1.54) is 64.7 Å². The van der Waals surface area contributed by atoms with E-state index in [4.69, 9.17) is 4.98 Å². The normalized spacial score (nSPS) is 12.6. The van der Waals surface area contributed by atoms with Gasteiger partial charge >= 0.3 is 0 Å². The summed E-state index contributed by atoms with van der Waals surface area (Å²) in [5.74, 6) is 0.383. The Morgan fingerprint density at radius 2 is 1.66 bits per heavy atom. The summed E-state index contributed by atoms with van der Waals surface area (Å²) < 4.78 is 2.54. The van der Waals surface area contributed by atoms with Crippen LogP contribution < -0.4 is 0 Å². The van der Waals surface area contributed by atoms with Gasteiger partial charge in [-0.05, 0) is 51.9 Å². The molecule has 0 spiro atoms. The van der Waals surface area contributed by atoms with Crippen molar-refractivity contribution in [1.82, 2.24) is 9.38 Å². The molecule has 0 bridgehead atoms. The molecule has 0 aliphatic rings. The smallest absolute Gasteiger partial charge is 0.0823 e. The lowest BCUT2D eigenvalue weighted by molar-refractivity contribution is 0.881. The molecule has 0 radical (unpaired) electrons. The van der Waals surface area contributed by atoms with E-state index in [1.807, 2.05) is 6.20 Å². The number of fused-ring (bicyclic) bond motifs is 7. The predicted octanol–water partition coefficient (Wildman–Crippen LogP) is 9.10. The Kier molecular flexibility index (Phi) is 3.98. The molecule has 0 saturated heterocycles. The molecular weight excluding hydrogens is 523 g/mol. The quantitative estimate of drug-likeness (QED) is 0.123. The molecule has 32 heavy (non-hydrogen) atoms. The van der Waals surface area contributed by atoms with Gasteiger partial charge in [0, 0.05) is 53.8 Å². The molecule has 0 amide bonds. The minimum atomic E-state index is 0.383. The zero-order valence-corrected chi connectivity index (χ0v) is 20.7. The Balaban J connectivity index is 1.93. The molecule has 0 fully saturated rings. The summed E-state index contributed by atoms with van der Waals surface area (Å²) in [5, 5.41) is 8.99. The fraction of sp³-hybridized carbons (Fsp3) is 0.107. The second-order valence-electron chi connectivity index (χ2n) is 8.87. The topological polar surface area (TPSA) is 17.3 Å². The summed E-state index contributed by atoms with van der Waals surface area (Å²) >= 11 is 2.38. The largest absolute Gasteiger partial charge is 0.307 e. The number of aromatic nitrogens is 2. The molecule has 4 heteroatoms. The summed E-state index contributed by atoms with van der Waals surface area (Å²) in [7, 11) is 1.77. The van der Waals surface area contributed by atoms with Crippen molar-refractivity contribution in [2.24, 2.45) is 0 Å². The van der Waals surface area contributed by atoms with Crippen LogP contribution >= 0.6 is 30.1 Å². The van der Waals surface area contributed by atoms with Crippen LogP contribution in [0.1, 0.15) is 25.3 Å². The fourth-order valence-corrected chi connectivity index (χ4v) is 6.70. The lowest BCUT2D eigenvalue weighted by Gasteiger charge is -2.19. The number of rotatable bonds is 2. The Bertz CT molecular complexity index is 1850. The summed E-state index contributed by atoms with van der Waals surface area (Å²) in [6.45, 7) is 4.62. The maximum Gasteiger partial charge on any atom is 0.0823 e.